The minimum absolute atomic E-state index is 0.0430. The number of aromatic nitrogens is 3. The van der Waals surface area contributed by atoms with E-state index in [0.29, 0.717) is 36.9 Å². The molecule has 5 rings (SSSR count). The molecule has 1 aliphatic heterocycles. The summed E-state index contributed by atoms with van der Waals surface area (Å²) in [5.74, 6) is 0.389. The molecule has 0 spiro atoms. The zero-order chi connectivity index (χ0) is 29.7. The quantitative estimate of drug-likeness (QED) is 0.267. The van der Waals surface area contributed by atoms with Gasteiger partial charge in [0.1, 0.15) is 0 Å². The Bertz CT molecular complexity index is 1630. The molecular formula is C30H33N5O6S. The Hall–Kier alpha value is -4.42. The van der Waals surface area contributed by atoms with Gasteiger partial charge < -0.3 is 19.1 Å². The second-order valence-corrected chi connectivity index (χ2v) is 11.4. The van der Waals surface area contributed by atoms with E-state index < -0.39 is 15.9 Å². The number of sulfonamides is 1. The second-order valence-electron chi connectivity index (χ2n) is 9.73. The third kappa shape index (κ3) is 6.39. The molecule has 1 N–H and O–H groups in total. The van der Waals surface area contributed by atoms with Crippen LogP contribution in [0.4, 0.5) is 11.4 Å². The number of amides is 1. The van der Waals surface area contributed by atoms with Crippen LogP contribution in [0.25, 0.3) is 0 Å². The number of aryl methyl sites for hydroxylation is 1. The predicted molar refractivity (Wildman–Crippen MR) is 156 cm³/mol. The van der Waals surface area contributed by atoms with E-state index >= 15 is 0 Å². The van der Waals surface area contributed by atoms with Crippen LogP contribution in [0.3, 0.4) is 0 Å². The topological polar surface area (TPSA) is 125 Å². The smallest absolute Gasteiger partial charge is 0.268 e. The van der Waals surface area contributed by atoms with Crippen molar-refractivity contribution >= 4 is 27.3 Å². The standard InChI is InChI=1S/C30H33N5O6S/c1-4-35-21(2)26(19-32-35)30(36)33-42(37,38)25-12-9-23(10-13-25)34(20-22-7-5-15-31-18-22)24-11-14-27(39-3)28(17-24)41-29-8-6-16-40-29/h5,7,9-15,17-19,29H,4,6,8,16,20H2,1-3H3,(H,33,36). The van der Waals surface area contributed by atoms with Gasteiger partial charge in [0, 0.05) is 55.0 Å². The fourth-order valence-electron chi connectivity index (χ4n) is 4.74. The SMILES string of the molecule is CCn1ncc(C(=O)NS(=O)(=O)c2ccc(N(Cc3cccnc3)c3ccc(OC)c(OC4CCCO4)c3)cc2)c1C. The highest BCUT2D eigenvalue weighted by Gasteiger charge is 2.24. The first-order chi connectivity index (χ1) is 20.3. The lowest BCUT2D eigenvalue weighted by Gasteiger charge is -2.27. The van der Waals surface area contributed by atoms with Crippen LogP contribution in [0, 0.1) is 6.92 Å². The predicted octanol–water partition coefficient (Wildman–Crippen LogP) is 4.59. The number of nitrogens with one attached hydrogen (secondary N) is 1. The third-order valence-electron chi connectivity index (χ3n) is 7.00. The van der Waals surface area contributed by atoms with E-state index in [2.05, 4.69) is 14.8 Å². The molecule has 2 aromatic carbocycles. The van der Waals surface area contributed by atoms with Crippen LogP contribution in [0.5, 0.6) is 11.5 Å². The summed E-state index contributed by atoms with van der Waals surface area (Å²) < 4.78 is 47.3. The summed E-state index contributed by atoms with van der Waals surface area (Å²) in [6.45, 7) is 5.28. The van der Waals surface area contributed by atoms with Crippen LogP contribution in [0.2, 0.25) is 0 Å². The van der Waals surface area contributed by atoms with Crippen molar-refractivity contribution in [3.05, 3.63) is 90.0 Å². The molecule has 0 bridgehead atoms. The van der Waals surface area contributed by atoms with Gasteiger partial charge in [0.25, 0.3) is 15.9 Å². The van der Waals surface area contributed by atoms with Crippen LogP contribution >= 0.6 is 0 Å². The minimum atomic E-state index is -4.13. The Balaban J connectivity index is 1.43. The Morgan fingerprint density at radius 1 is 1.12 bits per heavy atom. The minimum Gasteiger partial charge on any atom is -0.493 e. The van der Waals surface area contributed by atoms with Gasteiger partial charge in [0.2, 0.25) is 0 Å². The van der Waals surface area contributed by atoms with E-state index in [0.717, 1.165) is 29.8 Å². The molecule has 1 aliphatic rings. The maximum absolute atomic E-state index is 13.1. The Labute approximate surface area is 245 Å². The third-order valence-corrected chi connectivity index (χ3v) is 8.35. The summed E-state index contributed by atoms with van der Waals surface area (Å²) in [6, 6.07) is 15.8. The lowest BCUT2D eigenvalue weighted by molar-refractivity contribution is -0.0402. The number of ether oxygens (including phenoxy) is 3. The fraction of sp³-hybridized carbons (Fsp3) is 0.300. The number of methoxy groups -OCH3 is 1. The number of anilines is 2. The summed E-state index contributed by atoms with van der Waals surface area (Å²) in [5, 5.41) is 4.12. The first kappa shape index (κ1) is 29.1. The molecule has 4 aromatic rings. The molecule has 1 saturated heterocycles. The molecule has 0 radical (unpaired) electrons. The summed E-state index contributed by atoms with van der Waals surface area (Å²) in [5.41, 5.74) is 3.26. The molecule has 1 amide bonds. The van der Waals surface area contributed by atoms with Gasteiger partial charge in [-0.05, 0) is 68.3 Å². The van der Waals surface area contributed by atoms with Crippen molar-refractivity contribution in [2.75, 3.05) is 18.6 Å². The van der Waals surface area contributed by atoms with Crippen LogP contribution in [-0.2, 0) is 27.8 Å². The first-order valence-corrected chi connectivity index (χ1v) is 15.1. The van der Waals surface area contributed by atoms with E-state index in [4.69, 9.17) is 14.2 Å². The largest absolute Gasteiger partial charge is 0.493 e. The van der Waals surface area contributed by atoms with Crippen LogP contribution in [0.15, 0.2) is 78.1 Å². The zero-order valence-electron chi connectivity index (χ0n) is 23.7. The van der Waals surface area contributed by atoms with Crippen molar-refractivity contribution in [2.24, 2.45) is 0 Å². The summed E-state index contributed by atoms with van der Waals surface area (Å²) >= 11 is 0. The van der Waals surface area contributed by atoms with Gasteiger partial charge in [0.05, 0.1) is 30.4 Å². The van der Waals surface area contributed by atoms with Gasteiger partial charge in [-0.25, -0.2) is 13.1 Å². The molecule has 3 heterocycles. The number of hydrogen-bond acceptors (Lipinski definition) is 9. The maximum Gasteiger partial charge on any atom is 0.268 e. The number of pyridine rings is 1. The number of hydrogen-bond donors (Lipinski definition) is 1. The molecule has 220 valence electrons. The summed E-state index contributed by atoms with van der Waals surface area (Å²) in [4.78, 5) is 19.0. The number of benzene rings is 2. The van der Waals surface area contributed by atoms with Crippen molar-refractivity contribution in [2.45, 2.75) is 51.0 Å². The number of rotatable bonds is 11. The lowest BCUT2D eigenvalue weighted by Crippen LogP contribution is -2.31. The van der Waals surface area contributed by atoms with E-state index in [1.165, 1.54) is 18.3 Å². The van der Waals surface area contributed by atoms with Crippen LogP contribution in [-0.4, -0.2) is 49.1 Å². The van der Waals surface area contributed by atoms with Crippen molar-refractivity contribution in [3.63, 3.8) is 0 Å². The number of carbonyl (C=O) groups excluding carboxylic acids is 1. The van der Waals surface area contributed by atoms with Gasteiger partial charge in [-0.1, -0.05) is 6.07 Å². The Kier molecular flexibility index (Phi) is 8.74. The molecule has 1 atom stereocenters. The van der Waals surface area contributed by atoms with Gasteiger partial charge in [-0.3, -0.25) is 14.5 Å². The van der Waals surface area contributed by atoms with Crippen molar-refractivity contribution < 1.29 is 27.4 Å². The van der Waals surface area contributed by atoms with Crippen LogP contribution in [0.1, 0.15) is 41.4 Å². The Morgan fingerprint density at radius 3 is 2.55 bits per heavy atom. The lowest BCUT2D eigenvalue weighted by atomic mass is 10.2. The fourth-order valence-corrected chi connectivity index (χ4v) is 5.71. The first-order valence-electron chi connectivity index (χ1n) is 13.6. The maximum atomic E-state index is 13.1. The molecule has 42 heavy (non-hydrogen) atoms. The zero-order valence-corrected chi connectivity index (χ0v) is 24.5. The van der Waals surface area contributed by atoms with Gasteiger partial charge in [0.15, 0.2) is 17.8 Å². The van der Waals surface area contributed by atoms with Gasteiger partial charge in [-0.15, -0.1) is 0 Å². The number of carbonyl (C=O) groups is 1. The molecule has 1 unspecified atom stereocenters. The van der Waals surface area contributed by atoms with Crippen molar-refractivity contribution in [1.29, 1.82) is 0 Å². The average Bonchev–Trinajstić information content (AvgIpc) is 3.65. The number of nitrogens with zero attached hydrogens (tertiary/aromatic N) is 4. The highest BCUT2D eigenvalue weighted by Crippen LogP contribution is 2.37. The highest BCUT2D eigenvalue weighted by atomic mass is 32.2. The molecule has 2 aromatic heterocycles. The van der Waals surface area contributed by atoms with E-state index in [1.54, 1.807) is 43.2 Å². The van der Waals surface area contributed by atoms with Crippen LogP contribution < -0.4 is 19.1 Å². The molecule has 0 saturated carbocycles. The summed E-state index contributed by atoms with van der Waals surface area (Å²) in [6.07, 6.45) is 6.22. The van der Waals surface area contributed by atoms with E-state index in [1.807, 2.05) is 42.2 Å². The molecule has 0 aliphatic carbocycles. The van der Waals surface area contributed by atoms with E-state index in [-0.39, 0.29) is 16.7 Å². The normalized spacial score (nSPS) is 14.9. The Morgan fingerprint density at radius 2 is 1.90 bits per heavy atom. The highest BCUT2D eigenvalue weighted by molar-refractivity contribution is 7.90. The van der Waals surface area contributed by atoms with Gasteiger partial charge in [-0.2, -0.15) is 5.10 Å². The van der Waals surface area contributed by atoms with Gasteiger partial charge >= 0.3 is 0 Å². The monoisotopic (exact) mass is 591 g/mol. The summed E-state index contributed by atoms with van der Waals surface area (Å²) in [7, 11) is -2.55. The van der Waals surface area contributed by atoms with Crippen molar-refractivity contribution in [1.82, 2.24) is 19.5 Å². The molecule has 12 heteroatoms. The average molecular weight is 592 g/mol. The molecule has 11 nitrogen and oxygen atoms in total. The molecular weight excluding hydrogens is 558 g/mol. The van der Waals surface area contributed by atoms with E-state index in [9.17, 15) is 13.2 Å². The molecule has 1 fully saturated rings. The second kappa shape index (κ2) is 12.6. The van der Waals surface area contributed by atoms with Crippen molar-refractivity contribution in [3.8, 4) is 11.5 Å².